The molecule has 0 radical (unpaired) electrons. The van der Waals surface area contributed by atoms with Crippen LogP contribution in [-0.4, -0.2) is 41.4 Å². The van der Waals surface area contributed by atoms with Crippen molar-refractivity contribution in [1.82, 2.24) is 9.80 Å². The molecule has 106 valence electrons. The molecule has 1 saturated heterocycles. The van der Waals surface area contributed by atoms with Gasteiger partial charge in [0.05, 0.1) is 0 Å². The number of hydrogen-bond donors (Lipinski definition) is 0. The van der Waals surface area contributed by atoms with Gasteiger partial charge in [-0.25, -0.2) is 0 Å². The van der Waals surface area contributed by atoms with Crippen LogP contribution in [0.25, 0.3) is 0 Å². The highest BCUT2D eigenvalue weighted by molar-refractivity contribution is 5.81. The number of carbonyl (C=O) groups is 1. The average Bonchev–Trinajstić information content (AvgIpc) is 3.23. The molecule has 3 heteroatoms. The Morgan fingerprint density at radius 3 is 2.65 bits per heavy atom. The first-order chi connectivity index (χ1) is 9.81. The van der Waals surface area contributed by atoms with E-state index in [1.807, 2.05) is 0 Å². The second-order valence-corrected chi connectivity index (χ2v) is 6.49. The summed E-state index contributed by atoms with van der Waals surface area (Å²) in [6.07, 6.45) is 4.55. The maximum atomic E-state index is 12.1. The summed E-state index contributed by atoms with van der Waals surface area (Å²) in [5.74, 6) is 0.792. The van der Waals surface area contributed by atoms with Gasteiger partial charge in [-0.05, 0) is 36.8 Å². The second kappa shape index (κ2) is 4.88. The van der Waals surface area contributed by atoms with E-state index < -0.39 is 0 Å². The number of likely N-dealkylation sites (tertiary alicyclic amines) is 1. The van der Waals surface area contributed by atoms with Crippen LogP contribution < -0.4 is 0 Å². The van der Waals surface area contributed by atoms with Crippen LogP contribution in [0, 0.1) is 5.92 Å². The minimum absolute atomic E-state index is 0.371. The highest BCUT2D eigenvalue weighted by atomic mass is 16.2. The van der Waals surface area contributed by atoms with E-state index in [0.717, 1.165) is 51.9 Å². The molecule has 1 unspecified atom stereocenters. The molecule has 0 N–H and O–H groups in total. The fourth-order valence-electron chi connectivity index (χ4n) is 3.66. The van der Waals surface area contributed by atoms with Crippen LogP contribution in [-0.2, 0) is 17.8 Å². The molecule has 0 spiro atoms. The third-order valence-electron chi connectivity index (χ3n) is 5.08. The SMILES string of the molecule is O=C(C1CC1)N1CCC(N2CCc3ccccc3C2)C1. The molecular weight excluding hydrogens is 248 g/mol. The number of rotatable bonds is 2. The van der Waals surface area contributed by atoms with Crippen molar-refractivity contribution in [2.24, 2.45) is 5.92 Å². The van der Waals surface area contributed by atoms with Crippen molar-refractivity contribution in [1.29, 1.82) is 0 Å². The molecule has 1 atom stereocenters. The van der Waals surface area contributed by atoms with Crippen LogP contribution in [0.5, 0.6) is 0 Å². The van der Waals surface area contributed by atoms with E-state index in [-0.39, 0.29) is 0 Å². The van der Waals surface area contributed by atoms with Crippen molar-refractivity contribution in [3.8, 4) is 0 Å². The van der Waals surface area contributed by atoms with E-state index in [1.54, 1.807) is 0 Å². The summed E-state index contributed by atoms with van der Waals surface area (Å²) < 4.78 is 0. The van der Waals surface area contributed by atoms with Gasteiger partial charge in [-0.3, -0.25) is 9.69 Å². The monoisotopic (exact) mass is 270 g/mol. The van der Waals surface area contributed by atoms with Crippen molar-refractivity contribution in [3.05, 3.63) is 35.4 Å². The topological polar surface area (TPSA) is 23.6 Å². The summed E-state index contributed by atoms with van der Waals surface area (Å²) in [4.78, 5) is 16.8. The molecule has 2 fully saturated rings. The fourth-order valence-corrected chi connectivity index (χ4v) is 3.66. The normalized spacial score (nSPS) is 26.6. The number of hydrogen-bond acceptors (Lipinski definition) is 2. The number of amides is 1. The summed E-state index contributed by atoms with van der Waals surface area (Å²) in [7, 11) is 0. The van der Waals surface area contributed by atoms with Gasteiger partial charge < -0.3 is 4.90 Å². The molecule has 0 aromatic heterocycles. The molecule has 3 nitrogen and oxygen atoms in total. The van der Waals surface area contributed by atoms with Gasteiger partial charge in [-0.15, -0.1) is 0 Å². The Labute approximate surface area is 120 Å². The lowest BCUT2D eigenvalue weighted by molar-refractivity contribution is -0.131. The Morgan fingerprint density at radius 2 is 1.85 bits per heavy atom. The predicted octanol–water partition coefficient (Wildman–Crippen LogP) is 2.06. The van der Waals surface area contributed by atoms with Crippen LogP contribution in [0.15, 0.2) is 24.3 Å². The van der Waals surface area contributed by atoms with Crippen LogP contribution in [0.4, 0.5) is 0 Å². The predicted molar refractivity (Wildman–Crippen MR) is 78.3 cm³/mol. The summed E-state index contributed by atoms with van der Waals surface area (Å²) in [5.41, 5.74) is 2.98. The Bertz CT molecular complexity index is 523. The Kier molecular flexibility index (Phi) is 3.03. The Morgan fingerprint density at radius 1 is 1.05 bits per heavy atom. The second-order valence-electron chi connectivity index (χ2n) is 6.49. The van der Waals surface area contributed by atoms with Gasteiger partial charge in [0, 0.05) is 38.1 Å². The summed E-state index contributed by atoms with van der Waals surface area (Å²) in [6.45, 7) is 4.13. The maximum Gasteiger partial charge on any atom is 0.225 e. The Balaban J connectivity index is 1.41. The first-order valence-electron chi connectivity index (χ1n) is 7.91. The first-order valence-corrected chi connectivity index (χ1v) is 7.91. The summed E-state index contributed by atoms with van der Waals surface area (Å²) in [5, 5.41) is 0. The largest absolute Gasteiger partial charge is 0.341 e. The van der Waals surface area contributed by atoms with Crippen LogP contribution in [0.3, 0.4) is 0 Å². The van der Waals surface area contributed by atoms with E-state index in [2.05, 4.69) is 34.1 Å². The summed E-state index contributed by atoms with van der Waals surface area (Å²) >= 11 is 0. The third kappa shape index (κ3) is 2.24. The van der Waals surface area contributed by atoms with Crippen LogP contribution in [0.2, 0.25) is 0 Å². The zero-order valence-corrected chi connectivity index (χ0v) is 11.9. The lowest BCUT2D eigenvalue weighted by Gasteiger charge is -2.33. The zero-order chi connectivity index (χ0) is 13.5. The van der Waals surface area contributed by atoms with E-state index in [9.17, 15) is 4.79 Å². The molecule has 1 aromatic carbocycles. The minimum atomic E-state index is 0.371. The molecule has 4 rings (SSSR count). The molecule has 1 amide bonds. The van der Waals surface area contributed by atoms with E-state index in [1.165, 1.54) is 11.1 Å². The van der Waals surface area contributed by atoms with Crippen LogP contribution in [0.1, 0.15) is 30.4 Å². The van der Waals surface area contributed by atoms with Gasteiger partial charge >= 0.3 is 0 Å². The van der Waals surface area contributed by atoms with E-state index in [4.69, 9.17) is 0 Å². The standard InChI is InChI=1S/C17H22N2O/c20-17(14-5-6-14)19-10-8-16(12-19)18-9-7-13-3-1-2-4-15(13)11-18/h1-4,14,16H,5-12H2. The number of carbonyl (C=O) groups excluding carboxylic acids is 1. The highest BCUT2D eigenvalue weighted by Crippen LogP contribution is 2.33. The molecule has 1 aliphatic carbocycles. The molecule has 1 aromatic rings. The third-order valence-corrected chi connectivity index (χ3v) is 5.08. The fraction of sp³-hybridized carbons (Fsp3) is 0.588. The van der Waals surface area contributed by atoms with Crippen molar-refractivity contribution >= 4 is 5.91 Å². The molecule has 20 heavy (non-hydrogen) atoms. The molecule has 0 bridgehead atoms. The molecule has 2 aliphatic heterocycles. The van der Waals surface area contributed by atoms with Crippen molar-refractivity contribution < 1.29 is 4.79 Å². The molecule has 2 heterocycles. The number of fused-ring (bicyclic) bond motifs is 1. The maximum absolute atomic E-state index is 12.1. The van der Waals surface area contributed by atoms with Gasteiger partial charge in [0.15, 0.2) is 0 Å². The number of benzene rings is 1. The van der Waals surface area contributed by atoms with Gasteiger partial charge in [0.25, 0.3) is 0 Å². The average molecular weight is 270 g/mol. The quantitative estimate of drug-likeness (QED) is 0.821. The molecule has 3 aliphatic rings. The van der Waals surface area contributed by atoms with Gasteiger partial charge in [-0.2, -0.15) is 0 Å². The van der Waals surface area contributed by atoms with Crippen molar-refractivity contribution in [2.75, 3.05) is 19.6 Å². The van der Waals surface area contributed by atoms with E-state index in [0.29, 0.717) is 17.9 Å². The highest BCUT2D eigenvalue weighted by Gasteiger charge is 2.38. The van der Waals surface area contributed by atoms with E-state index >= 15 is 0 Å². The van der Waals surface area contributed by atoms with Gasteiger partial charge in [-0.1, -0.05) is 24.3 Å². The molecule has 1 saturated carbocycles. The van der Waals surface area contributed by atoms with Crippen molar-refractivity contribution in [3.63, 3.8) is 0 Å². The lowest BCUT2D eigenvalue weighted by atomic mass is 9.98. The first kappa shape index (κ1) is 12.4. The van der Waals surface area contributed by atoms with Gasteiger partial charge in [0.1, 0.15) is 0 Å². The minimum Gasteiger partial charge on any atom is -0.341 e. The Hall–Kier alpha value is -1.35. The summed E-state index contributed by atoms with van der Waals surface area (Å²) in [6, 6.07) is 9.36. The van der Waals surface area contributed by atoms with Crippen molar-refractivity contribution in [2.45, 2.75) is 38.3 Å². The van der Waals surface area contributed by atoms with Crippen LogP contribution >= 0.6 is 0 Å². The smallest absolute Gasteiger partial charge is 0.225 e. The molecular formula is C17H22N2O. The van der Waals surface area contributed by atoms with Gasteiger partial charge in [0.2, 0.25) is 5.91 Å². The number of nitrogens with zero attached hydrogens (tertiary/aromatic N) is 2. The zero-order valence-electron chi connectivity index (χ0n) is 11.9. The lowest BCUT2D eigenvalue weighted by Crippen LogP contribution is -2.41.